The minimum Gasteiger partial charge on any atom is -0.469 e. The van der Waals surface area contributed by atoms with Gasteiger partial charge in [-0.3, -0.25) is 4.79 Å². The number of hydrogen-bond donors (Lipinski definition) is 1. The summed E-state index contributed by atoms with van der Waals surface area (Å²) in [6.45, 7) is 10.6. The van der Waals surface area contributed by atoms with Crippen LogP contribution in [-0.4, -0.2) is 36.0 Å². The molecule has 1 heterocycles. The van der Waals surface area contributed by atoms with E-state index in [2.05, 4.69) is 27.4 Å². The first-order chi connectivity index (χ1) is 11.7. The molecule has 0 aromatic rings. The molecule has 1 aliphatic heterocycles. The zero-order valence-electron chi connectivity index (χ0n) is 16.3. The average molecular weight is 350 g/mol. The van der Waals surface area contributed by atoms with E-state index in [1.807, 2.05) is 0 Å². The molecule has 25 heavy (non-hydrogen) atoms. The van der Waals surface area contributed by atoms with E-state index in [0.717, 1.165) is 44.9 Å². The molecule has 0 amide bonds. The first-order valence-corrected chi connectivity index (χ1v) is 9.73. The fourth-order valence-electron chi connectivity index (χ4n) is 6.74. The topological polar surface area (TPSA) is 55.8 Å². The van der Waals surface area contributed by atoms with E-state index in [0.29, 0.717) is 11.8 Å². The Morgan fingerprint density at radius 2 is 1.88 bits per heavy atom. The molecule has 1 N–H and O–H groups in total. The zero-order chi connectivity index (χ0) is 18.5. The Hall–Kier alpha value is -0.870. The summed E-state index contributed by atoms with van der Waals surface area (Å²) < 4.78 is 11.7. The van der Waals surface area contributed by atoms with Crippen LogP contribution in [0, 0.1) is 22.7 Å². The van der Waals surface area contributed by atoms with Crippen molar-refractivity contribution in [2.24, 2.45) is 22.7 Å². The number of methoxy groups -OCH3 is 1. The van der Waals surface area contributed by atoms with Gasteiger partial charge in [0.15, 0.2) is 0 Å². The molecular weight excluding hydrogens is 316 g/mol. The minimum atomic E-state index is -0.616. The van der Waals surface area contributed by atoms with Gasteiger partial charge in [-0.15, -0.1) is 6.58 Å². The zero-order valence-corrected chi connectivity index (χ0v) is 16.3. The van der Waals surface area contributed by atoms with Crippen molar-refractivity contribution in [2.75, 3.05) is 13.7 Å². The van der Waals surface area contributed by atoms with Gasteiger partial charge in [-0.05, 0) is 69.6 Å². The normalized spacial score (nSPS) is 49.6. The number of carbonyl (C=O) groups excluding carboxylic acids is 1. The van der Waals surface area contributed by atoms with Crippen molar-refractivity contribution in [3.05, 3.63) is 12.7 Å². The summed E-state index contributed by atoms with van der Waals surface area (Å²) in [6.07, 6.45) is 8.57. The molecule has 2 aliphatic carbocycles. The average Bonchev–Trinajstić information content (AvgIpc) is 2.59. The third-order valence-electron chi connectivity index (χ3n) is 8.02. The third-order valence-corrected chi connectivity index (χ3v) is 8.02. The first kappa shape index (κ1) is 18.9. The lowest BCUT2D eigenvalue weighted by atomic mass is 9.44. The molecule has 0 aromatic carbocycles. The Kier molecular flexibility index (Phi) is 4.61. The quantitative estimate of drug-likeness (QED) is 0.620. The molecule has 6 atom stereocenters. The van der Waals surface area contributed by atoms with Crippen molar-refractivity contribution in [3.8, 4) is 0 Å². The molecule has 1 saturated heterocycles. The second-order valence-electron chi connectivity index (χ2n) is 9.29. The van der Waals surface area contributed by atoms with Crippen LogP contribution in [0.3, 0.4) is 0 Å². The summed E-state index contributed by atoms with van der Waals surface area (Å²) in [5.74, 6) is 0.662. The van der Waals surface area contributed by atoms with Crippen LogP contribution < -0.4 is 0 Å². The Labute approximate surface area is 152 Å². The van der Waals surface area contributed by atoms with Gasteiger partial charge in [-0.25, -0.2) is 0 Å². The van der Waals surface area contributed by atoms with Gasteiger partial charge in [-0.2, -0.15) is 0 Å². The number of ether oxygens (including phenoxy) is 2. The van der Waals surface area contributed by atoms with Crippen molar-refractivity contribution in [2.45, 2.75) is 76.9 Å². The maximum absolute atomic E-state index is 12.6. The van der Waals surface area contributed by atoms with Crippen LogP contribution in [0.25, 0.3) is 0 Å². The van der Waals surface area contributed by atoms with Gasteiger partial charge >= 0.3 is 5.97 Å². The SMILES string of the molecule is C=C[C@]1(CO)CC[C@@H]2[C@]3(C)CCC[C@](C)(C(=O)OC)[C@@H]3CC[C@]2(C)O1. The van der Waals surface area contributed by atoms with Gasteiger partial charge in [0, 0.05) is 0 Å². The Morgan fingerprint density at radius 1 is 1.20 bits per heavy atom. The molecule has 142 valence electrons. The lowest BCUT2D eigenvalue weighted by molar-refractivity contribution is -0.264. The summed E-state index contributed by atoms with van der Waals surface area (Å²) in [5, 5.41) is 9.87. The number of fused-ring (bicyclic) bond motifs is 3. The molecule has 2 saturated carbocycles. The number of rotatable bonds is 3. The highest BCUT2D eigenvalue weighted by Crippen LogP contribution is 2.65. The maximum Gasteiger partial charge on any atom is 0.311 e. The van der Waals surface area contributed by atoms with Crippen molar-refractivity contribution < 1.29 is 19.4 Å². The second kappa shape index (κ2) is 6.09. The van der Waals surface area contributed by atoms with Crippen LogP contribution in [0.1, 0.15) is 65.7 Å². The van der Waals surface area contributed by atoms with Crippen LogP contribution in [0.2, 0.25) is 0 Å². The molecule has 0 unspecified atom stereocenters. The lowest BCUT2D eigenvalue weighted by Crippen LogP contribution is -2.64. The molecule has 3 rings (SSSR count). The summed E-state index contributed by atoms with van der Waals surface area (Å²) in [4.78, 5) is 12.6. The van der Waals surface area contributed by atoms with Crippen LogP contribution in [0.4, 0.5) is 0 Å². The van der Waals surface area contributed by atoms with E-state index in [4.69, 9.17) is 9.47 Å². The summed E-state index contributed by atoms with van der Waals surface area (Å²) in [5.41, 5.74) is -1.21. The summed E-state index contributed by atoms with van der Waals surface area (Å²) in [6, 6.07) is 0. The highest BCUT2D eigenvalue weighted by Gasteiger charge is 2.64. The largest absolute Gasteiger partial charge is 0.469 e. The number of hydrogen-bond acceptors (Lipinski definition) is 4. The molecule has 4 nitrogen and oxygen atoms in total. The second-order valence-corrected chi connectivity index (χ2v) is 9.29. The van der Waals surface area contributed by atoms with Crippen LogP contribution in [0.15, 0.2) is 12.7 Å². The van der Waals surface area contributed by atoms with Crippen molar-refractivity contribution in [3.63, 3.8) is 0 Å². The molecule has 4 heteroatoms. The van der Waals surface area contributed by atoms with E-state index in [1.54, 1.807) is 6.08 Å². The van der Waals surface area contributed by atoms with Gasteiger partial charge in [0.2, 0.25) is 0 Å². The minimum absolute atomic E-state index is 0.0151. The predicted octanol–water partition coefficient (Wildman–Crippen LogP) is 3.87. The Balaban J connectivity index is 1.96. The molecule has 0 bridgehead atoms. The lowest BCUT2D eigenvalue weighted by Gasteiger charge is -2.65. The van der Waals surface area contributed by atoms with Gasteiger partial charge < -0.3 is 14.6 Å². The highest BCUT2D eigenvalue weighted by molar-refractivity contribution is 5.77. The fraction of sp³-hybridized carbons (Fsp3) is 0.857. The number of esters is 1. The molecule has 3 aliphatic rings. The number of carbonyl (C=O) groups is 1. The fourth-order valence-corrected chi connectivity index (χ4v) is 6.74. The molecule has 0 radical (unpaired) electrons. The van der Waals surface area contributed by atoms with Gasteiger partial charge in [0.05, 0.1) is 24.7 Å². The van der Waals surface area contributed by atoms with E-state index in [-0.39, 0.29) is 23.6 Å². The van der Waals surface area contributed by atoms with Gasteiger partial charge in [0.1, 0.15) is 5.60 Å². The van der Waals surface area contributed by atoms with Crippen LogP contribution in [0.5, 0.6) is 0 Å². The van der Waals surface area contributed by atoms with E-state index < -0.39 is 11.0 Å². The Bertz CT molecular complexity index is 560. The number of aliphatic hydroxyl groups is 1. The van der Waals surface area contributed by atoms with E-state index in [1.165, 1.54) is 7.11 Å². The van der Waals surface area contributed by atoms with Gasteiger partial charge in [-0.1, -0.05) is 19.4 Å². The van der Waals surface area contributed by atoms with Crippen molar-refractivity contribution >= 4 is 5.97 Å². The van der Waals surface area contributed by atoms with E-state index >= 15 is 0 Å². The maximum atomic E-state index is 12.6. The third kappa shape index (κ3) is 2.59. The standard InChI is InChI=1S/C21H34O4/c1-6-21(14-22)13-9-16-18(2)10-7-11-19(3,17(23)24-5)15(18)8-12-20(16,4)25-21/h6,15-16,22H,1,7-14H2,2-5H3/t15-,16-,18-,19+,20+,21-/m1/s1. The van der Waals surface area contributed by atoms with Crippen molar-refractivity contribution in [1.82, 2.24) is 0 Å². The van der Waals surface area contributed by atoms with E-state index in [9.17, 15) is 9.90 Å². The monoisotopic (exact) mass is 350 g/mol. The summed E-state index contributed by atoms with van der Waals surface area (Å²) in [7, 11) is 1.51. The molecule has 0 spiro atoms. The van der Waals surface area contributed by atoms with Crippen LogP contribution in [-0.2, 0) is 14.3 Å². The van der Waals surface area contributed by atoms with Crippen molar-refractivity contribution in [1.29, 1.82) is 0 Å². The molecule has 0 aromatic heterocycles. The number of aliphatic hydroxyl groups excluding tert-OH is 1. The first-order valence-electron chi connectivity index (χ1n) is 9.73. The van der Waals surface area contributed by atoms with Gasteiger partial charge in [0.25, 0.3) is 0 Å². The predicted molar refractivity (Wildman–Crippen MR) is 97.0 cm³/mol. The summed E-state index contributed by atoms with van der Waals surface area (Å²) >= 11 is 0. The molecule has 3 fully saturated rings. The Morgan fingerprint density at radius 3 is 2.48 bits per heavy atom. The molecular formula is C21H34O4. The van der Waals surface area contributed by atoms with Crippen LogP contribution >= 0.6 is 0 Å². The highest BCUT2D eigenvalue weighted by atomic mass is 16.5. The smallest absolute Gasteiger partial charge is 0.311 e.